The first-order chi connectivity index (χ1) is 9.62. The number of likely N-dealkylation sites (tertiary alicyclic amines) is 1. The Morgan fingerprint density at radius 2 is 2.05 bits per heavy atom. The minimum atomic E-state index is -0.235. The highest BCUT2D eigenvalue weighted by atomic mass is 15.2. The van der Waals surface area contributed by atoms with Crippen LogP contribution >= 0.6 is 0 Å². The van der Waals surface area contributed by atoms with Crippen molar-refractivity contribution in [3.8, 4) is 6.07 Å². The van der Waals surface area contributed by atoms with Crippen molar-refractivity contribution in [1.82, 2.24) is 15.1 Å². The predicted octanol–water partition coefficient (Wildman–Crippen LogP) is 1.58. The highest BCUT2D eigenvalue weighted by Gasteiger charge is 2.44. The molecule has 0 spiro atoms. The SMILES string of the molecule is CN1CCCC(N(C)C2CCC(C#N)(NC3CC3)C2)C1. The second-order valence-electron chi connectivity index (χ2n) is 7.23. The molecule has 0 aromatic heterocycles. The highest BCUT2D eigenvalue weighted by Crippen LogP contribution is 2.36. The van der Waals surface area contributed by atoms with E-state index in [0.29, 0.717) is 18.1 Å². The van der Waals surface area contributed by atoms with Gasteiger partial charge in [-0.05, 0) is 65.6 Å². The van der Waals surface area contributed by atoms with Crippen LogP contribution in [0, 0.1) is 11.3 Å². The van der Waals surface area contributed by atoms with Gasteiger partial charge in [-0.1, -0.05) is 0 Å². The lowest BCUT2D eigenvalue weighted by Gasteiger charge is -2.39. The van der Waals surface area contributed by atoms with Crippen molar-refractivity contribution >= 4 is 0 Å². The summed E-state index contributed by atoms with van der Waals surface area (Å²) in [5.41, 5.74) is -0.235. The van der Waals surface area contributed by atoms with Gasteiger partial charge in [-0.2, -0.15) is 5.26 Å². The minimum Gasteiger partial charge on any atom is -0.305 e. The van der Waals surface area contributed by atoms with Crippen molar-refractivity contribution in [1.29, 1.82) is 5.26 Å². The highest BCUT2D eigenvalue weighted by molar-refractivity contribution is 5.15. The third kappa shape index (κ3) is 3.00. The second-order valence-corrected chi connectivity index (χ2v) is 7.23. The van der Waals surface area contributed by atoms with E-state index < -0.39 is 0 Å². The molecule has 112 valence electrons. The maximum absolute atomic E-state index is 9.61. The molecule has 0 bridgehead atoms. The van der Waals surface area contributed by atoms with Crippen LogP contribution in [0.25, 0.3) is 0 Å². The standard InChI is InChI=1S/C16H28N4/c1-19-9-3-4-15(11-19)20(2)14-7-8-16(10-14,12-17)18-13-5-6-13/h13-15,18H,3-11H2,1-2H3. The predicted molar refractivity (Wildman–Crippen MR) is 80.4 cm³/mol. The van der Waals surface area contributed by atoms with Gasteiger partial charge in [0.05, 0.1) is 6.07 Å². The van der Waals surface area contributed by atoms with Crippen LogP contribution in [0.1, 0.15) is 44.9 Å². The number of hydrogen-bond acceptors (Lipinski definition) is 4. The van der Waals surface area contributed by atoms with Crippen LogP contribution in [-0.4, -0.2) is 60.6 Å². The number of nitrogens with zero attached hydrogens (tertiary/aromatic N) is 3. The summed E-state index contributed by atoms with van der Waals surface area (Å²) in [5.74, 6) is 0. The molecule has 1 N–H and O–H groups in total. The van der Waals surface area contributed by atoms with Crippen LogP contribution in [0.2, 0.25) is 0 Å². The summed E-state index contributed by atoms with van der Waals surface area (Å²) in [6.07, 6.45) is 8.35. The summed E-state index contributed by atoms with van der Waals surface area (Å²) in [6.45, 7) is 2.42. The molecule has 2 saturated carbocycles. The average molecular weight is 276 g/mol. The largest absolute Gasteiger partial charge is 0.305 e. The van der Waals surface area contributed by atoms with E-state index in [1.54, 1.807) is 0 Å². The van der Waals surface area contributed by atoms with Gasteiger partial charge in [0.1, 0.15) is 5.54 Å². The van der Waals surface area contributed by atoms with Crippen molar-refractivity contribution in [2.75, 3.05) is 27.2 Å². The molecular formula is C16H28N4. The Bertz CT molecular complexity index is 386. The van der Waals surface area contributed by atoms with Crippen LogP contribution in [-0.2, 0) is 0 Å². The van der Waals surface area contributed by atoms with Crippen LogP contribution in [0.4, 0.5) is 0 Å². The molecule has 1 heterocycles. The number of piperidine rings is 1. The van der Waals surface area contributed by atoms with Gasteiger partial charge in [0.15, 0.2) is 0 Å². The Morgan fingerprint density at radius 1 is 1.25 bits per heavy atom. The molecule has 2 aliphatic carbocycles. The molecule has 1 aliphatic heterocycles. The molecule has 4 heteroatoms. The number of nitriles is 1. The molecule has 3 aliphatic rings. The number of hydrogen-bond donors (Lipinski definition) is 1. The smallest absolute Gasteiger partial charge is 0.108 e. The molecule has 0 aromatic carbocycles. The van der Waals surface area contributed by atoms with Gasteiger partial charge in [-0.15, -0.1) is 0 Å². The number of rotatable bonds is 4. The van der Waals surface area contributed by atoms with Gasteiger partial charge < -0.3 is 4.90 Å². The molecule has 0 aromatic rings. The lowest BCUT2D eigenvalue weighted by atomic mass is 9.98. The molecule has 1 saturated heterocycles. The molecule has 4 nitrogen and oxygen atoms in total. The maximum Gasteiger partial charge on any atom is 0.108 e. The second kappa shape index (κ2) is 5.63. The Balaban J connectivity index is 1.59. The summed E-state index contributed by atoms with van der Waals surface area (Å²) in [5, 5.41) is 13.2. The summed E-state index contributed by atoms with van der Waals surface area (Å²) >= 11 is 0. The van der Waals surface area contributed by atoms with Gasteiger partial charge in [-0.25, -0.2) is 0 Å². The minimum absolute atomic E-state index is 0.235. The Hall–Kier alpha value is -0.630. The zero-order valence-electron chi connectivity index (χ0n) is 12.9. The van der Waals surface area contributed by atoms with E-state index in [0.717, 1.165) is 12.8 Å². The molecule has 3 fully saturated rings. The summed E-state index contributed by atoms with van der Waals surface area (Å²) in [7, 11) is 4.50. The molecule has 3 unspecified atom stereocenters. The first kappa shape index (κ1) is 14.3. The lowest BCUT2D eigenvalue weighted by molar-refractivity contribution is 0.0981. The van der Waals surface area contributed by atoms with Crippen molar-refractivity contribution in [2.24, 2.45) is 0 Å². The molecular weight excluding hydrogens is 248 g/mol. The first-order valence-corrected chi connectivity index (χ1v) is 8.21. The van der Waals surface area contributed by atoms with E-state index >= 15 is 0 Å². The fraction of sp³-hybridized carbons (Fsp3) is 0.938. The van der Waals surface area contributed by atoms with Crippen LogP contribution in [0.3, 0.4) is 0 Å². The lowest BCUT2D eigenvalue weighted by Crippen LogP contribution is -2.50. The van der Waals surface area contributed by atoms with Crippen molar-refractivity contribution < 1.29 is 0 Å². The zero-order chi connectivity index (χ0) is 14.2. The summed E-state index contributed by atoms with van der Waals surface area (Å²) in [6, 6.07) is 4.48. The van der Waals surface area contributed by atoms with Gasteiger partial charge in [0.25, 0.3) is 0 Å². The van der Waals surface area contributed by atoms with E-state index in [-0.39, 0.29) is 5.54 Å². The Morgan fingerprint density at radius 3 is 2.70 bits per heavy atom. The topological polar surface area (TPSA) is 42.3 Å². The Kier molecular flexibility index (Phi) is 4.03. The van der Waals surface area contributed by atoms with Crippen molar-refractivity contribution in [2.45, 2.75) is 68.6 Å². The zero-order valence-corrected chi connectivity index (χ0v) is 12.9. The van der Waals surface area contributed by atoms with Crippen LogP contribution < -0.4 is 5.32 Å². The third-order valence-electron chi connectivity index (χ3n) is 5.51. The molecule has 20 heavy (non-hydrogen) atoms. The first-order valence-electron chi connectivity index (χ1n) is 8.21. The van der Waals surface area contributed by atoms with E-state index in [4.69, 9.17) is 0 Å². The normalized spacial score (nSPS) is 39.1. The fourth-order valence-corrected chi connectivity index (χ4v) is 4.02. The quantitative estimate of drug-likeness (QED) is 0.846. The van der Waals surface area contributed by atoms with E-state index in [9.17, 15) is 5.26 Å². The summed E-state index contributed by atoms with van der Waals surface area (Å²) < 4.78 is 0. The molecule has 0 radical (unpaired) electrons. The monoisotopic (exact) mass is 276 g/mol. The summed E-state index contributed by atoms with van der Waals surface area (Å²) in [4.78, 5) is 5.02. The Labute approximate surface area is 123 Å². The van der Waals surface area contributed by atoms with Gasteiger partial charge in [-0.3, -0.25) is 10.2 Å². The van der Waals surface area contributed by atoms with E-state index in [2.05, 4.69) is 35.3 Å². The van der Waals surface area contributed by atoms with Gasteiger partial charge in [0, 0.05) is 24.7 Å². The molecule has 3 atom stereocenters. The molecule has 0 amide bonds. The number of nitrogens with one attached hydrogen (secondary N) is 1. The maximum atomic E-state index is 9.61. The van der Waals surface area contributed by atoms with Crippen molar-refractivity contribution in [3.05, 3.63) is 0 Å². The average Bonchev–Trinajstić information content (AvgIpc) is 3.15. The van der Waals surface area contributed by atoms with E-state index in [1.165, 1.54) is 45.2 Å². The van der Waals surface area contributed by atoms with Crippen LogP contribution in [0.5, 0.6) is 0 Å². The van der Waals surface area contributed by atoms with Gasteiger partial charge in [0.2, 0.25) is 0 Å². The van der Waals surface area contributed by atoms with Crippen molar-refractivity contribution in [3.63, 3.8) is 0 Å². The third-order valence-corrected chi connectivity index (χ3v) is 5.51. The van der Waals surface area contributed by atoms with Gasteiger partial charge >= 0.3 is 0 Å². The number of likely N-dealkylation sites (N-methyl/N-ethyl adjacent to an activating group) is 2. The fourth-order valence-electron chi connectivity index (χ4n) is 4.02. The molecule has 3 rings (SSSR count). The van der Waals surface area contributed by atoms with E-state index in [1.807, 2.05) is 0 Å². The van der Waals surface area contributed by atoms with Crippen LogP contribution in [0.15, 0.2) is 0 Å².